The highest BCUT2D eigenvalue weighted by Crippen LogP contribution is 2.32. The molecule has 0 fully saturated rings. The number of nitrogens with one attached hydrogen (secondary N) is 4. The summed E-state index contributed by atoms with van der Waals surface area (Å²) in [6.07, 6.45) is -2.14. The first-order valence-corrected chi connectivity index (χ1v) is 11.0. The molecule has 0 aromatic heterocycles. The van der Waals surface area contributed by atoms with Gasteiger partial charge in [-0.1, -0.05) is 105 Å². The molecule has 0 saturated carbocycles. The van der Waals surface area contributed by atoms with Crippen molar-refractivity contribution in [2.24, 2.45) is 0 Å². The third kappa shape index (κ3) is 8.29. The lowest BCUT2D eigenvalue weighted by molar-refractivity contribution is 0.235. The summed E-state index contributed by atoms with van der Waals surface area (Å²) in [7, 11) is 0. The minimum Gasteiger partial charge on any atom is -0.362 e. The number of hydrogen-bond acceptors (Lipinski definition) is 3. The molecule has 0 aliphatic heterocycles. The molecule has 2 amide bonds. The molecule has 0 aliphatic rings. The molecular formula is C19H20Cl6N4O. The number of anilines is 2. The summed E-state index contributed by atoms with van der Waals surface area (Å²) in [5, 5.41) is 11.0. The van der Waals surface area contributed by atoms with Crippen LogP contribution in [0.1, 0.15) is 11.1 Å². The summed E-state index contributed by atoms with van der Waals surface area (Å²) in [6, 6.07) is 14.0. The van der Waals surface area contributed by atoms with E-state index in [0.717, 1.165) is 11.1 Å². The molecule has 5 nitrogen and oxygen atoms in total. The lowest BCUT2D eigenvalue weighted by atomic mass is 10.2. The van der Waals surface area contributed by atoms with Crippen LogP contribution in [0.2, 0.25) is 0 Å². The van der Waals surface area contributed by atoms with E-state index in [1.54, 1.807) is 24.3 Å². The highest BCUT2D eigenvalue weighted by Gasteiger charge is 2.37. The first kappa shape index (κ1) is 25.3. The Morgan fingerprint density at radius 3 is 1.23 bits per heavy atom. The molecule has 0 heterocycles. The fraction of sp³-hybridized carbons (Fsp3) is 0.316. The molecular weight excluding hydrogens is 513 g/mol. The third-order valence-electron chi connectivity index (χ3n) is 3.93. The number of hydrogen-bond donors (Lipinski definition) is 4. The van der Waals surface area contributed by atoms with Crippen LogP contribution in [0.3, 0.4) is 0 Å². The Morgan fingerprint density at radius 1 is 0.667 bits per heavy atom. The fourth-order valence-electron chi connectivity index (χ4n) is 2.34. The molecule has 2 rings (SSSR count). The molecule has 11 heteroatoms. The van der Waals surface area contributed by atoms with Gasteiger partial charge in [-0.15, -0.1) is 0 Å². The van der Waals surface area contributed by atoms with Gasteiger partial charge in [0.25, 0.3) is 0 Å². The standard InChI is InChI=1S/C19H20Cl6N4O/c1-11-3-7-13(8-4-11)26-15(18(20,21)22)28-17(30)29-16(19(23,24)25)27-14-9-5-12(2)6-10-14/h3-10,15-16,26-27H,1-2H3,(H2,28,29,30)/t15-,16+. The summed E-state index contributed by atoms with van der Waals surface area (Å²) in [4.78, 5) is 12.6. The number of benzene rings is 2. The van der Waals surface area contributed by atoms with Gasteiger partial charge in [-0.25, -0.2) is 4.79 Å². The molecule has 0 radical (unpaired) electrons. The minimum absolute atomic E-state index is 0.646. The van der Waals surface area contributed by atoms with Crippen LogP contribution in [0.4, 0.5) is 16.2 Å². The number of carbonyl (C=O) groups is 1. The predicted molar refractivity (Wildman–Crippen MR) is 129 cm³/mol. The molecule has 30 heavy (non-hydrogen) atoms. The van der Waals surface area contributed by atoms with Crippen LogP contribution in [0.5, 0.6) is 0 Å². The van der Waals surface area contributed by atoms with Crippen LogP contribution in [0.15, 0.2) is 48.5 Å². The Hall–Kier alpha value is -0.950. The topological polar surface area (TPSA) is 65.2 Å². The summed E-state index contributed by atoms with van der Waals surface area (Å²) < 4.78 is -3.72. The molecule has 0 bridgehead atoms. The van der Waals surface area contributed by atoms with Crippen molar-refractivity contribution in [3.8, 4) is 0 Å². The van der Waals surface area contributed by atoms with Crippen molar-refractivity contribution in [2.45, 2.75) is 33.8 Å². The summed E-state index contributed by atoms with van der Waals surface area (Å²) in [5.41, 5.74) is 3.41. The SMILES string of the molecule is Cc1ccc(N[C@@H](NC(=O)N[C@@H](Nc2ccc(C)cc2)C(Cl)(Cl)Cl)C(Cl)(Cl)Cl)cc1. The number of carbonyl (C=O) groups excluding carboxylic acids is 1. The molecule has 2 atom stereocenters. The molecule has 0 saturated heterocycles. The van der Waals surface area contributed by atoms with E-state index in [4.69, 9.17) is 69.6 Å². The zero-order valence-corrected chi connectivity index (χ0v) is 20.5. The van der Waals surface area contributed by atoms with Crippen molar-refractivity contribution in [3.05, 3.63) is 59.7 Å². The Morgan fingerprint density at radius 2 is 0.967 bits per heavy atom. The van der Waals surface area contributed by atoms with Crippen molar-refractivity contribution in [2.75, 3.05) is 10.6 Å². The van der Waals surface area contributed by atoms with Gasteiger partial charge in [0.2, 0.25) is 7.59 Å². The number of aryl methyl sites for hydroxylation is 2. The first-order valence-electron chi connectivity index (χ1n) is 8.71. The van der Waals surface area contributed by atoms with Crippen molar-refractivity contribution < 1.29 is 4.79 Å². The second-order valence-corrected chi connectivity index (χ2v) is 11.3. The van der Waals surface area contributed by atoms with E-state index < -0.39 is 25.9 Å². The second kappa shape index (κ2) is 10.6. The highest BCUT2D eigenvalue weighted by atomic mass is 35.6. The largest absolute Gasteiger partial charge is 0.362 e. The maximum absolute atomic E-state index is 12.6. The monoisotopic (exact) mass is 530 g/mol. The number of halogens is 6. The fourth-order valence-corrected chi connectivity index (χ4v) is 2.99. The van der Waals surface area contributed by atoms with Gasteiger partial charge < -0.3 is 21.3 Å². The Bertz CT molecular complexity index is 765. The quantitative estimate of drug-likeness (QED) is 0.253. The minimum atomic E-state index is -1.86. The van der Waals surface area contributed by atoms with Crippen molar-refractivity contribution in [1.82, 2.24) is 10.6 Å². The average molecular weight is 533 g/mol. The molecule has 4 N–H and O–H groups in total. The van der Waals surface area contributed by atoms with Gasteiger partial charge in [-0.3, -0.25) is 0 Å². The van der Waals surface area contributed by atoms with E-state index in [2.05, 4.69) is 21.3 Å². The number of urea groups is 1. The van der Waals surface area contributed by atoms with Crippen molar-refractivity contribution in [1.29, 1.82) is 0 Å². The molecule has 2 aromatic carbocycles. The summed E-state index contributed by atoms with van der Waals surface area (Å²) in [5.74, 6) is 0. The van der Waals surface area contributed by atoms with E-state index in [1.165, 1.54) is 0 Å². The average Bonchev–Trinajstić information content (AvgIpc) is 2.62. The van der Waals surface area contributed by atoms with Crippen LogP contribution in [0, 0.1) is 13.8 Å². The Kier molecular flexibility index (Phi) is 8.92. The molecule has 0 spiro atoms. The Balaban J connectivity index is 2.10. The third-order valence-corrected chi connectivity index (χ3v) is 5.24. The maximum Gasteiger partial charge on any atom is 0.318 e. The van der Waals surface area contributed by atoms with Crippen LogP contribution >= 0.6 is 69.6 Å². The maximum atomic E-state index is 12.6. The second-order valence-electron chi connectivity index (χ2n) is 6.59. The van der Waals surface area contributed by atoms with Gasteiger partial charge in [-0.2, -0.15) is 0 Å². The smallest absolute Gasteiger partial charge is 0.318 e. The van der Waals surface area contributed by atoms with Crippen LogP contribution < -0.4 is 21.3 Å². The van der Waals surface area contributed by atoms with Gasteiger partial charge in [0.05, 0.1) is 0 Å². The van der Waals surface area contributed by atoms with Crippen molar-refractivity contribution >= 4 is 87.0 Å². The predicted octanol–water partition coefficient (Wildman–Crippen LogP) is 6.52. The van der Waals surface area contributed by atoms with Crippen molar-refractivity contribution in [3.63, 3.8) is 0 Å². The number of rotatable bonds is 6. The van der Waals surface area contributed by atoms with Crippen LogP contribution in [-0.2, 0) is 0 Å². The normalized spacial score (nSPS) is 13.9. The molecule has 2 aromatic rings. The van der Waals surface area contributed by atoms with E-state index in [0.29, 0.717) is 11.4 Å². The lowest BCUT2D eigenvalue weighted by Gasteiger charge is -2.31. The number of alkyl halides is 6. The molecule has 0 unspecified atom stereocenters. The van der Waals surface area contributed by atoms with Gasteiger partial charge in [0.1, 0.15) is 12.3 Å². The van der Waals surface area contributed by atoms with Gasteiger partial charge in [0.15, 0.2) is 0 Å². The van der Waals surface area contributed by atoms with Gasteiger partial charge in [-0.05, 0) is 38.1 Å². The van der Waals surface area contributed by atoms with E-state index in [9.17, 15) is 4.79 Å². The Labute approximate surface area is 205 Å². The molecule has 164 valence electrons. The highest BCUT2D eigenvalue weighted by molar-refractivity contribution is 6.68. The van der Waals surface area contributed by atoms with E-state index in [-0.39, 0.29) is 0 Å². The summed E-state index contributed by atoms with van der Waals surface area (Å²) in [6.45, 7) is 3.89. The van der Waals surface area contributed by atoms with Gasteiger partial charge in [0, 0.05) is 11.4 Å². The molecule has 0 aliphatic carbocycles. The van der Waals surface area contributed by atoms with Crippen LogP contribution in [0.25, 0.3) is 0 Å². The van der Waals surface area contributed by atoms with E-state index >= 15 is 0 Å². The zero-order valence-electron chi connectivity index (χ0n) is 15.9. The lowest BCUT2D eigenvalue weighted by Crippen LogP contribution is -2.57. The van der Waals surface area contributed by atoms with Gasteiger partial charge >= 0.3 is 6.03 Å². The summed E-state index contributed by atoms with van der Waals surface area (Å²) >= 11 is 36.2. The number of amides is 2. The van der Waals surface area contributed by atoms with E-state index in [1.807, 2.05) is 38.1 Å². The zero-order chi connectivity index (χ0) is 22.5. The van der Waals surface area contributed by atoms with Crippen LogP contribution in [-0.4, -0.2) is 25.9 Å². The first-order chi connectivity index (χ1) is 13.8.